The minimum absolute atomic E-state index is 0.234. The molecule has 7 heteroatoms. The highest BCUT2D eigenvalue weighted by atomic mass is 19.1. The van der Waals surface area contributed by atoms with E-state index < -0.39 is 5.76 Å². The van der Waals surface area contributed by atoms with Crippen LogP contribution in [0.15, 0.2) is 51.7 Å². The summed E-state index contributed by atoms with van der Waals surface area (Å²) in [6.07, 6.45) is 0. The number of hydrogen-bond acceptors (Lipinski definition) is 3. The second-order valence-corrected chi connectivity index (χ2v) is 5.88. The molecular weight excluding hydrogens is 325 g/mol. The Morgan fingerprint density at radius 1 is 1.24 bits per heavy atom. The molecule has 0 aliphatic rings. The molecule has 0 fully saturated rings. The second kappa shape index (κ2) is 6.43. The van der Waals surface area contributed by atoms with Crippen LogP contribution in [-0.4, -0.2) is 22.5 Å². The molecule has 0 saturated carbocycles. The number of anilines is 1. The molecule has 2 amide bonds. The molecule has 2 aromatic carbocycles. The van der Waals surface area contributed by atoms with Gasteiger partial charge in [-0.3, -0.25) is 4.57 Å². The van der Waals surface area contributed by atoms with Crippen molar-refractivity contribution in [3.8, 4) is 0 Å². The Morgan fingerprint density at radius 2 is 1.92 bits per heavy atom. The van der Waals surface area contributed by atoms with Crippen LogP contribution in [-0.2, 0) is 7.05 Å². The summed E-state index contributed by atoms with van der Waals surface area (Å²) >= 11 is 0. The van der Waals surface area contributed by atoms with Gasteiger partial charge in [-0.25, -0.2) is 14.0 Å². The van der Waals surface area contributed by atoms with Gasteiger partial charge in [-0.15, -0.1) is 0 Å². The summed E-state index contributed by atoms with van der Waals surface area (Å²) in [6, 6.07) is 10.5. The normalized spacial score (nSPS) is 12.2. The summed E-state index contributed by atoms with van der Waals surface area (Å²) in [4.78, 5) is 25.5. The lowest BCUT2D eigenvalue weighted by Gasteiger charge is -2.25. The Balaban J connectivity index is 1.77. The fourth-order valence-electron chi connectivity index (χ4n) is 2.56. The summed E-state index contributed by atoms with van der Waals surface area (Å²) < 4.78 is 19.5. The van der Waals surface area contributed by atoms with Crippen molar-refractivity contribution in [2.75, 3.05) is 12.4 Å². The first-order valence-electron chi connectivity index (χ1n) is 7.75. The van der Waals surface area contributed by atoms with Crippen LogP contribution in [0.4, 0.5) is 14.9 Å². The van der Waals surface area contributed by atoms with E-state index in [1.165, 1.54) is 21.6 Å². The molecule has 6 nitrogen and oxygen atoms in total. The molecule has 0 spiro atoms. The zero-order chi connectivity index (χ0) is 18.1. The van der Waals surface area contributed by atoms with Crippen LogP contribution in [0.2, 0.25) is 0 Å². The Bertz CT molecular complexity index is 975. The lowest BCUT2D eigenvalue weighted by molar-refractivity contribution is 0.208. The largest absolute Gasteiger partial charge is 0.419 e. The number of oxazole rings is 1. The maximum atomic E-state index is 13.0. The van der Waals surface area contributed by atoms with Gasteiger partial charge >= 0.3 is 11.8 Å². The average Bonchev–Trinajstić information content (AvgIpc) is 2.88. The van der Waals surface area contributed by atoms with Crippen LogP contribution in [0.3, 0.4) is 0 Å². The van der Waals surface area contributed by atoms with Gasteiger partial charge in [-0.05, 0) is 42.8 Å². The average molecular weight is 343 g/mol. The fraction of sp³-hybridized carbons (Fsp3) is 0.222. The molecule has 1 unspecified atom stereocenters. The fourth-order valence-corrected chi connectivity index (χ4v) is 2.56. The van der Waals surface area contributed by atoms with Crippen molar-refractivity contribution >= 4 is 22.8 Å². The van der Waals surface area contributed by atoms with E-state index in [0.29, 0.717) is 16.8 Å². The van der Waals surface area contributed by atoms with Crippen LogP contribution in [0.25, 0.3) is 11.1 Å². The predicted octanol–water partition coefficient (Wildman–Crippen LogP) is 3.50. The van der Waals surface area contributed by atoms with Gasteiger partial charge in [0.15, 0.2) is 5.58 Å². The Labute approximate surface area is 143 Å². The van der Waals surface area contributed by atoms with Gasteiger partial charge in [0.1, 0.15) is 5.82 Å². The van der Waals surface area contributed by atoms with Crippen LogP contribution in [0, 0.1) is 5.82 Å². The van der Waals surface area contributed by atoms with Crippen molar-refractivity contribution in [1.29, 1.82) is 0 Å². The number of carbonyl (C=O) groups is 1. The summed E-state index contributed by atoms with van der Waals surface area (Å²) in [5, 5.41) is 2.79. The van der Waals surface area contributed by atoms with E-state index in [4.69, 9.17) is 4.42 Å². The second-order valence-electron chi connectivity index (χ2n) is 5.88. The third-order valence-electron chi connectivity index (χ3n) is 4.30. The number of carbonyl (C=O) groups excluding carboxylic acids is 1. The maximum Gasteiger partial charge on any atom is 0.419 e. The molecule has 3 rings (SSSR count). The van der Waals surface area contributed by atoms with Crippen LogP contribution in [0.1, 0.15) is 18.5 Å². The van der Waals surface area contributed by atoms with Crippen LogP contribution in [0.5, 0.6) is 0 Å². The number of rotatable bonds is 3. The number of halogens is 1. The van der Waals surface area contributed by atoms with E-state index in [1.54, 1.807) is 44.4 Å². The first-order chi connectivity index (χ1) is 11.9. The van der Waals surface area contributed by atoms with Crippen molar-refractivity contribution in [1.82, 2.24) is 9.47 Å². The maximum absolute atomic E-state index is 13.0. The SMILES string of the molecule is CC(c1ccc(F)cc1)N(C)C(=O)Nc1ccc2oc(=O)n(C)c2c1. The Kier molecular flexibility index (Phi) is 4.31. The van der Waals surface area contributed by atoms with Crippen LogP contribution < -0.4 is 11.1 Å². The molecule has 0 bridgehead atoms. The molecule has 25 heavy (non-hydrogen) atoms. The van der Waals surface area contributed by atoms with E-state index in [-0.39, 0.29) is 17.9 Å². The Hall–Kier alpha value is -3.09. The first kappa shape index (κ1) is 16.8. The highest BCUT2D eigenvalue weighted by Crippen LogP contribution is 2.22. The molecule has 1 heterocycles. The number of urea groups is 1. The van der Waals surface area contributed by atoms with E-state index in [1.807, 2.05) is 6.92 Å². The minimum Gasteiger partial charge on any atom is -0.408 e. The van der Waals surface area contributed by atoms with Gasteiger partial charge in [-0.1, -0.05) is 12.1 Å². The van der Waals surface area contributed by atoms with E-state index >= 15 is 0 Å². The number of amides is 2. The molecule has 3 aromatic rings. The smallest absolute Gasteiger partial charge is 0.408 e. The predicted molar refractivity (Wildman–Crippen MR) is 93.1 cm³/mol. The molecule has 1 N–H and O–H groups in total. The van der Waals surface area contributed by atoms with Crippen LogP contribution >= 0.6 is 0 Å². The quantitative estimate of drug-likeness (QED) is 0.791. The van der Waals surface area contributed by atoms with Gasteiger partial charge in [0.2, 0.25) is 0 Å². The first-order valence-corrected chi connectivity index (χ1v) is 7.75. The molecule has 0 radical (unpaired) electrons. The minimum atomic E-state index is -0.458. The third kappa shape index (κ3) is 3.26. The number of aryl methyl sites for hydroxylation is 1. The topological polar surface area (TPSA) is 67.5 Å². The van der Waals surface area contributed by atoms with E-state index in [2.05, 4.69) is 5.32 Å². The molecule has 1 aromatic heterocycles. The molecule has 1 atom stereocenters. The highest BCUT2D eigenvalue weighted by molar-refractivity contribution is 5.91. The van der Waals surface area contributed by atoms with Gasteiger partial charge in [0.05, 0.1) is 11.6 Å². The van der Waals surface area contributed by atoms with Gasteiger partial charge in [0.25, 0.3) is 0 Å². The lowest BCUT2D eigenvalue weighted by Crippen LogP contribution is -2.33. The number of nitrogens with one attached hydrogen (secondary N) is 1. The van der Waals surface area contributed by atoms with Crippen molar-refractivity contribution < 1.29 is 13.6 Å². The van der Waals surface area contributed by atoms with Gasteiger partial charge in [0, 0.05) is 19.8 Å². The lowest BCUT2D eigenvalue weighted by atomic mass is 10.1. The summed E-state index contributed by atoms with van der Waals surface area (Å²) in [5.74, 6) is -0.775. The summed E-state index contributed by atoms with van der Waals surface area (Å²) in [5.41, 5.74) is 2.43. The highest BCUT2D eigenvalue weighted by Gasteiger charge is 2.18. The van der Waals surface area contributed by atoms with Crippen molar-refractivity contribution in [2.45, 2.75) is 13.0 Å². The number of benzene rings is 2. The van der Waals surface area contributed by atoms with E-state index in [0.717, 1.165) is 5.56 Å². The summed E-state index contributed by atoms with van der Waals surface area (Å²) in [7, 11) is 3.26. The monoisotopic (exact) mass is 343 g/mol. The van der Waals surface area contributed by atoms with E-state index in [9.17, 15) is 14.0 Å². The van der Waals surface area contributed by atoms with Gasteiger partial charge in [-0.2, -0.15) is 0 Å². The molecule has 130 valence electrons. The van der Waals surface area contributed by atoms with Crippen molar-refractivity contribution in [2.24, 2.45) is 7.05 Å². The van der Waals surface area contributed by atoms with Crippen molar-refractivity contribution in [3.63, 3.8) is 0 Å². The zero-order valence-electron chi connectivity index (χ0n) is 14.1. The molecule has 0 aliphatic heterocycles. The van der Waals surface area contributed by atoms with Crippen molar-refractivity contribution in [3.05, 3.63) is 64.4 Å². The standard InChI is InChI=1S/C18H18FN3O3/c1-11(12-4-6-13(19)7-5-12)21(2)17(23)20-14-8-9-16-15(10-14)22(3)18(24)25-16/h4-11H,1-3H3,(H,20,23). The third-order valence-corrected chi connectivity index (χ3v) is 4.30. The molecule has 0 saturated heterocycles. The number of aromatic nitrogens is 1. The zero-order valence-corrected chi connectivity index (χ0v) is 14.1. The molecular formula is C18H18FN3O3. The summed E-state index contributed by atoms with van der Waals surface area (Å²) in [6.45, 7) is 1.86. The number of hydrogen-bond donors (Lipinski definition) is 1. The molecule has 0 aliphatic carbocycles. The number of nitrogens with zero attached hydrogens (tertiary/aromatic N) is 2. The Morgan fingerprint density at radius 3 is 2.60 bits per heavy atom. The van der Waals surface area contributed by atoms with Gasteiger partial charge < -0.3 is 14.6 Å². The number of fused-ring (bicyclic) bond motifs is 1.